The number of ether oxygens (including phenoxy) is 2. The third-order valence-corrected chi connectivity index (χ3v) is 5.89. The SMILES string of the molecule is CN(C)CCC(Oc1ccc(OCCCN2CCCCC2)cc1)c1ccc(C(F)(F)F)cc1. The zero-order chi connectivity index (χ0) is 23.7. The summed E-state index contributed by atoms with van der Waals surface area (Å²) in [5.74, 6) is 1.46. The maximum atomic E-state index is 12.9. The van der Waals surface area contributed by atoms with E-state index in [0.717, 1.165) is 43.0 Å². The van der Waals surface area contributed by atoms with Crippen LogP contribution in [0.15, 0.2) is 48.5 Å². The van der Waals surface area contributed by atoms with Crippen LogP contribution < -0.4 is 9.47 Å². The first kappa shape index (κ1) is 25.4. The molecule has 0 bridgehead atoms. The van der Waals surface area contributed by atoms with E-state index in [2.05, 4.69) is 4.90 Å². The van der Waals surface area contributed by atoms with Gasteiger partial charge in [-0.05, 0) is 88.4 Å². The summed E-state index contributed by atoms with van der Waals surface area (Å²) in [7, 11) is 3.92. The number of likely N-dealkylation sites (tertiary alicyclic amines) is 1. The van der Waals surface area contributed by atoms with Crippen molar-refractivity contribution in [3.05, 3.63) is 59.7 Å². The van der Waals surface area contributed by atoms with Gasteiger partial charge in [0.15, 0.2) is 0 Å². The lowest BCUT2D eigenvalue weighted by Crippen LogP contribution is -2.31. The summed E-state index contributed by atoms with van der Waals surface area (Å²) in [6.45, 7) is 4.89. The van der Waals surface area contributed by atoms with Gasteiger partial charge >= 0.3 is 6.18 Å². The molecule has 1 aliphatic heterocycles. The lowest BCUT2D eigenvalue weighted by atomic mass is 10.0. The Bertz CT molecular complexity index is 817. The van der Waals surface area contributed by atoms with Crippen molar-refractivity contribution in [1.29, 1.82) is 0 Å². The van der Waals surface area contributed by atoms with Crippen molar-refractivity contribution in [3.63, 3.8) is 0 Å². The molecule has 2 aromatic carbocycles. The summed E-state index contributed by atoms with van der Waals surface area (Å²) < 4.78 is 50.8. The average molecular weight is 465 g/mol. The first-order valence-electron chi connectivity index (χ1n) is 11.7. The highest BCUT2D eigenvalue weighted by Crippen LogP contribution is 2.32. The Hall–Kier alpha value is -2.25. The van der Waals surface area contributed by atoms with Crippen LogP contribution in [-0.4, -0.2) is 56.7 Å². The minimum absolute atomic E-state index is 0.342. The molecule has 4 nitrogen and oxygen atoms in total. The topological polar surface area (TPSA) is 24.9 Å². The second-order valence-corrected chi connectivity index (χ2v) is 8.89. The van der Waals surface area contributed by atoms with Crippen LogP contribution in [0.3, 0.4) is 0 Å². The minimum Gasteiger partial charge on any atom is -0.494 e. The zero-order valence-corrected chi connectivity index (χ0v) is 19.6. The Labute approximate surface area is 195 Å². The van der Waals surface area contributed by atoms with E-state index in [1.807, 2.05) is 43.3 Å². The van der Waals surface area contributed by atoms with Crippen molar-refractivity contribution < 1.29 is 22.6 Å². The van der Waals surface area contributed by atoms with E-state index in [9.17, 15) is 13.2 Å². The molecule has 33 heavy (non-hydrogen) atoms. The van der Waals surface area contributed by atoms with E-state index in [4.69, 9.17) is 9.47 Å². The van der Waals surface area contributed by atoms with Crippen molar-refractivity contribution >= 4 is 0 Å². The monoisotopic (exact) mass is 464 g/mol. The van der Waals surface area contributed by atoms with E-state index >= 15 is 0 Å². The molecular weight excluding hydrogens is 429 g/mol. The van der Waals surface area contributed by atoms with E-state index in [1.165, 1.54) is 44.5 Å². The Balaban J connectivity index is 1.54. The van der Waals surface area contributed by atoms with Gasteiger partial charge in [-0.1, -0.05) is 18.6 Å². The Kier molecular flexibility index (Phi) is 9.44. The number of nitrogens with zero attached hydrogens (tertiary/aromatic N) is 2. The number of hydrogen-bond donors (Lipinski definition) is 0. The number of benzene rings is 2. The molecule has 0 N–H and O–H groups in total. The summed E-state index contributed by atoms with van der Waals surface area (Å²) in [6.07, 6.45) is 0.907. The molecule has 0 aromatic heterocycles. The first-order valence-corrected chi connectivity index (χ1v) is 11.7. The summed E-state index contributed by atoms with van der Waals surface area (Å²) >= 11 is 0. The predicted molar refractivity (Wildman–Crippen MR) is 125 cm³/mol. The van der Waals surface area contributed by atoms with Gasteiger partial charge in [-0.2, -0.15) is 13.2 Å². The van der Waals surface area contributed by atoms with Gasteiger partial charge in [-0.3, -0.25) is 0 Å². The molecule has 7 heteroatoms. The summed E-state index contributed by atoms with van der Waals surface area (Å²) in [5, 5.41) is 0. The molecule has 1 atom stereocenters. The fourth-order valence-corrected chi connectivity index (χ4v) is 4.00. The first-order chi connectivity index (χ1) is 15.8. The third-order valence-electron chi connectivity index (χ3n) is 5.89. The quantitative estimate of drug-likeness (QED) is 0.379. The standard InChI is InChI=1S/C26H35F3N2O2/c1-30(2)19-15-25(21-7-9-22(10-8-21)26(27,28)29)33-24-13-11-23(12-14-24)32-20-6-18-31-16-4-3-5-17-31/h7-14,25H,3-6,15-20H2,1-2H3. The number of rotatable bonds is 11. The second-order valence-electron chi connectivity index (χ2n) is 8.89. The zero-order valence-electron chi connectivity index (χ0n) is 19.6. The molecule has 0 spiro atoms. The van der Waals surface area contributed by atoms with Crippen molar-refractivity contribution in [2.75, 3.05) is 46.9 Å². The normalized spacial score (nSPS) is 16.1. The van der Waals surface area contributed by atoms with E-state index < -0.39 is 11.7 Å². The van der Waals surface area contributed by atoms with Crippen molar-refractivity contribution in [2.24, 2.45) is 0 Å². The van der Waals surface area contributed by atoms with Gasteiger partial charge in [-0.15, -0.1) is 0 Å². The fourth-order valence-electron chi connectivity index (χ4n) is 4.00. The lowest BCUT2D eigenvalue weighted by molar-refractivity contribution is -0.137. The number of hydrogen-bond acceptors (Lipinski definition) is 4. The molecule has 0 radical (unpaired) electrons. The van der Waals surface area contributed by atoms with Gasteiger partial charge in [0.25, 0.3) is 0 Å². The van der Waals surface area contributed by atoms with Crippen molar-refractivity contribution in [3.8, 4) is 11.5 Å². The van der Waals surface area contributed by atoms with E-state index in [0.29, 0.717) is 18.8 Å². The van der Waals surface area contributed by atoms with E-state index in [1.54, 1.807) is 0 Å². The number of halogens is 3. The second kappa shape index (κ2) is 12.3. The summed E-state index contributed by atoms with van der Waals surface area (Å²) in [6, 6.07) is 12.7. The smallest absolute Gasteiger partial charge is 0.416 e. The summed E-state index contributed by atoms with van der Waals surface area (Å²) in [5.41, 5.74) is 0.0716. The van der Waals surface area contributed by atoms with Crippen LogP contribution in [0, 0.1) is 0 Å². The Morgan fingerprint density at radius 3 is 2.15 bits per heavy atom. The molecule has 182 valence electrons. The lowest BCUT2D eigenvalue weighted by Gasteiger charge is -2.26. The van der Waals surface area contributed by atoms with Gasteiger partial charge in [-0.25, -0.2) is 0 Å². The van der Waals surface area contributed by atoms with Crippen LogP contribution >= 0.6 is 0 Å². The third kappa shape index (κ3) is 8.55. The molecule has 2 aromatic rings. The molecule has 1 unspecified atom stereocenters. The van der Waals surface area contributed by atoms with Crippen molar-refractivity contribution in [1.82, 2.24) is 9.80 Å². The van der Waals surface area contributed by atoms with Crippen LogP contribution in [0.25, 0.3) is 0 Å². The number of alkyl halides is 3. The maximum Gasteiger partial charge on any atom is 0.416 e. The van der Waals surface area contributed by atoms with Gasteiger partial charge in [0.2, 0.25) is 0 Å². The molecule has 3 rings (SSSR count). The largest absolute Gasteiger partial charge is 0.494 e. The van der Waals surface area contributed by atoms with Crippen molar-refractivity contribution in [2.45, 2.75) is 44.4 Å². The minimum atomic E-state index is -4.35. The highest BCUT2D eigenvalue weighted by atomic mass is 19.4. The molecule has 1 heterocycles. The predicted octanol–water partition coefficient (Wildman–Crippen LogP) is 6.03. The van der Waals surface area contributed by atoms with Gasteiger partial charge in [0.1, 0.15) is 17.6 Å². The van der Waals surface area contributed by atoms with Crippen LogP contribution in [0.5, 0.6) is 11.5 Å². The van der Waals surface area contributed by atoms with Gasteiger partial charge < -0.3 is 19.3 Å². The Morgan fingerprint density at radius 2 is 1.55 bits per heavy atom. The summed E-state index contributed by atoms with van der Waals surface area (Å²) in [4.78, 5) is 4.53. The molecule has 0 aliphatic carbocycles. The van der Waals surface area contributed by atoms with Crippen LogP contribution in [-0.2, 0) is 6.18 Å². The molecular formula is C26H35F3N2O2. The molecule has 0 amide bonds. The maximum absolute atomic E-state index is 12.9. The van der Waals surface area contributed by atoms with Crippen LogP contribution in [0.2, 0.25) is 0 Å². The van der Waals surface area contributed by atoms with Gasteiger partial charge in [0, 0.05) is 19.5 Å². The fraction of sp³-hybridized carbons (Fsp3) is 0.538. The van der Waals surface area contributed by atoms with Gasteiger partial charge in [0.05, 0.1) is 12.2 Å². The molecule has 1 fully saturated rings. The highest BCUT2D eigenvalue weighted by Gasteiger charge is 2.30. The molecule has 1 saturated heterocycles. The number of piperidine rings is 1. The van der Waals surface area contributed by atoms with Crippen LogP contribution in [0.4, 0.5) is 13.2 Å². The average Bonchev–Trinajstić information content (AvgIpc) is 2.80. The highest BCUT2D eigenvalue weighted by molar-refractivity contribution is 5.33. The van der Waals surface area contributed by atoms with E-state index in [-0.39, 0.29) is 6.10 Å². The molecule has 1 aliphatic rings. The Morgan fingerprint density at radius 1 is 0.909 bits per heavy atom. The van der Waals surface area contributed by atoms with Crippen LogP contribution in [0.1, 0.15) is 49.3 Å². The molecule has 0 saturated carbocycles.